The second kappa shape index (κ2) is 6.13. The summed E-state index contributed by atoms with van der Waals surface area (Å²) in [6.07, 6.45) is 1.20. The molecule has 1 aliphatic heterocycles. The molecule has 0 bridgehead atoms. The Balaban J connectivity index is 1.90. The predicted octanol–water partition coefficient (Wildman–Crippen LogP) is 3.10. The molecule has 0 aliphatic carbocycles. The van der Waals surface area contributed by atoms with Gasteiger partial charge in [0.05, 0.1) is 0 Å². The fourth-order valence-electron chi connectivity index (χ4n) is 2.22. The molecule has 1 aromatic heterocycles. The molecule has 1 aliphatic rings. The van der Waals surface area contributed by atoms with Gasteiger partial charge in [-0.1, -0.05) is 30.3 Å². The van der Waals surface area contributed by atoms with Crippen molar-refractivity contribution in [2.24, 2.45) is 0 Å². The third-order valence-electron chi connectivity index (χ3n) is 3.30. The van der Waals surface area contributed by atoms with Crippen LogP contribution in [0.5, 0.6) is 0 Å². The van der Waals surface area contributed by atoms with E-state index in [2.05, 4.69) is 20.6 Å². The van der Waals surface area contributed by atoms with E-state index in [4.69, 9.17) is 0 Å². The van der Waals surface area contributed by atoms with Gasteiger partial charge < -0.3 is 10.6 Å². The molecule has 3 rings (SSSR count). The number of benzene rings is 1. The Hall–Kier alpha value is -1.75. The Morgan fingerprint density at radius 1 is 1.15 bits per heavy atom. The highest BCUT2D eigenvalue weighted by Crippen LogP contribution is 2.24. The molecular formula is C15H18N4S. The first-order valence-corrected chi connectivity index (χ1v) is 7.97. The molecule has 5 heteroatoms. The zero-order valence-corrected chi connectivity index (χ0v) is 12.3. The zero-order valence-electron chi connectivity index (χ0n) is 11.5. The number of nitrogens with one attached hydrogen (secondary N) is 2. The number of rotatable bonds is 4. The lowest BCUT2D eigenvalue weighted by atomic mass is 10.2. The van der Waals surface area contributed by atoms with Crippen molar-refractivity contribution in [3.05, 3.63) is 36.4 Å². The topological polar surface area (TPSA) is 49.8 Å². The molecule has 2 aromatic rings. The molecule has 1 unspecified atom stereocenters. The Bertz CT molecular complexity index is 567. The van der Waals surface area contributed by atoms with Gasteiger partial charge in [-0.3, -0.25) is 0 Å². The summed E-state index contributed by atoms with van der Waals surface area (Å²) in [6, 6.07) is 12.6. The lowest BCUT2D eigenvalue weighted by Crippen LogP contribution is -2.19. The first-order valence-electron chi connectivity index (χ1n) is 6.81. The lowest BCUT2D eigenvalue weighted by Gasteiger charge is -2.14. The van der Waals surface area contributed by atoms with Crippen LogP contribution in [0, 0.1) is 0 Å². The minimum atomic E-state index is 0.517. The average Bonchev–Trinajstić information content (AvgIpc) is 3.00. The van der Waals surface area contributed by atoms with E-state index in [0.717, 1.165) is 28.8 Å². The number of aromatic nitrogens is 2. The SMILES string of the molecule is CNc1cc(NC2CCSC2)nc(-c2ccccc2)n1. The summed E-state index contributed by atoms with van der Waals surface area (Å²) >= 11 is 1.99. The van der Waals surface area contributed by atoms with Gasteiger partial charge in [0.1, 0.15) is 11.6 Å². The van der Waals surface area contributed by atoms with Crippen molar-refractivity contribution in [2.45, 2.75) is 12.5 Å². The highest BCUT2D eigenvalue weighted by molar-refractivity contribution is 7.99. The number of thioether (sulfide) groups is 1. The molecule has 1 atom stereocenters. The predicted molar refractivity (Wildman–Crippen MR) is 86.4 cm³/mol. The van der Waals surface area contributed by atoms with Gasteiger partial charge in [-0.2, -0.15) is 11.8 Å². The molecule has 0 saturated carbocycles. The quantitative estimate of drug-likeness (QED) is 0.904. The van der Waals surface area contributed by atoms with Crippen molar-refractivity contribution in [1.29, 1.82) is 0 Å². The summed E-state index contributed by atoms with van der Waals surface area (Å²) in [4.78, 5) is 9.17. The van der Waals surface area contributed by atoms with Crippen molar-refractivity contribution in [3.63, 3.8) is 0 Å². The van der Waals surface area contributed by atoms with E-state index >= 15 is 0 Å². The molecule has 1 saturated heterocycles. The molecule has 20 heavy (non-hydrogen) atoms. The molecule has 0 amide bonds. The van der Waals surface area contributed by atoms with Crippen LogP contribution in [0.25, 0.3) is 11.4 Å². The van der Waals surface area contributed by atoms with Gasteiger partial charge in [0.25, 0.3) is 0 Å². The standard InChI is InChI=1S/C15H18N4S/c1-16-13-9-14(17-12-7-8-20-10-12)19-15(18-13)11-5-3-2-4-6-11/h2-6,9,12H,7-8,10H2,1H3,(H2,16,17,18,19). The maximum Gasteiger partial charge on any atom is 0.163 e. The Morgan fingerprint density at radius 3 is 2.65 bits per heavy atom. The molecule has 2 N–H and O–H groups in total. The summed E-state index contributed by atoms with van der Waals surface area (Å²) in [5, 5.41) is 6.62. The van der Waals surface area contributed by atoms with Gasteiger partial charge in [0, 0.05) is 30.5 Å². The van der Waals surface area contributed by atoms with E-state index in [9.17, 15) is 0 Å². The van der Waals surface area contributed by atoms with Crippen molar-refractivity contribution in [2.75, 3.05) is 29.2 Å². The van der Waals surface area contributed by atoms with Crippen molar-refractivity contribution < 1.29 is 0 Å². The highest BCUT2D eigenvalue weighted by atomic mass is 32.2. The largest absolute Gasteiger partial charge is 0.373 e. The van der Waals surface area contributed by atoms with Gasteiger partial charge >= 0.3 is 0 Å². The summed E-state index contributed by atoms with van der Waals surface area (Å²) in [7, 11) is 1.88. The first kappa shape index (κ1) is 13.2. The number of anilines is 2. The normalized spacial score (nSPS) is 17.9. The van der Waals surface area contributed by atoms with Crippen LogP contribution in [0.4, 0.5) is 11.6 Å². The Labute approximate surface area is 123 Å². The monoisotopic (exact) mass is 286 g/mol. The van der Waals surface area contributed by atoms with Crippen LogP contribution in [0.3, 0.4) is 0 Å². The van der Waals surface area contributed by atoms with Crippen molar-refractivity contribution >= 4 is 23.4 Å². The zero-order chi connectivity index (χ0) is 13.8. The smallest absolute Gasteiger partial charge is 0.163 e. The van der Waals surface area contributed by atoms with Crippen LogP contribution in [0.2, 0.25) is 0 Å². The van der Waals surface area contributed by atoms with Crippen LogP contribution >= 0.6 is 11.8 Å². The highest BCUT2D eigenvalue weighted by Gasteiger charge is 2.16. The van der Waals surface area contributed by atoms with E-state index in [1.807, 2.05) is 55.2 Å². The second-order valence-electron chi connectivity index (χ2n) is 4.78. The molecule has 0 spiro atoms. The minimum Gasteiger partial charge on any atom is -0.373 e. The Morgan fingerprint density at radius 2 is 1.95 bits per heavy atom. The maximum atomic E-state index is 4.64. The molecule has 1 fully saturated rings. The summed E-state index contributed by atoms with van der Waals surface area (Å²) in [5.74, 6) is 4.88. The molecule has 2 heterocycles. The molecule has 1 aromatic carbocycles. The third-order valence-corrected chi connectivity index (χ3v) is 4.46. The van der Waals surface area contributed by atoms with Crippen LogP contribution in [0.1, 0.15) is 6.42 Å². The molecule has 0 radical (unpaired) electrons. The number of nitrogens with zero attached hydrogens (tertiary/aromatic N) is 2. The summed E-state index contributed by atoms with van der Waals surface area (Å²) < 4.78 is 0. The Kier molecular flexibility index (Phi) is 4.06. The van der Waals surface area contributed by atoms with E-state index in [1.54, 1.807) is 0 Å². The lowest BCUT2D eigenvalue weighted by molar-refractivity contribution is 0.806. The van der Waals surface area contributed by atoms with Gasteiger partial charge in [-0.05, 0) is 12.2 Å². The summed E-state index contributed by atoms with van der Waals surface area (Å²) in [5.41, 5.74) is 1.04. The van der Waals surface area contributed by atoms with E-state index in [1.165, 1.54) is 12.2 Å². The van der Waals surface area contributed by atoms with Crippen LogP contribution in [0.15, 0.2) is 36.4 Å². The molecular weight excluding hydrogens is 268 g/mol. The van der Waals surface area contributed by atoms with Crippen LogP contribution < -0.4 is 10.6 Å². The van der Waals surface area contributed by atoms with Gasteiger partial charge in [0.15, 0.2) is 5.82 Å². The van der Waals surface area contributed by atoms with E-state index in [-0.39, 0.29) is 0 Å². The second-order valence-corrected chi connectivity index (χ2v) is 5.93. The first-order chi connectivity index (χ1) is 9.85. The van der Waals surface area contributed by atoms with Crippen LogP contribution in [-0.4, -0.2) is 34.6 Å². The van der Waals surface area contributed by atoms with Crippen molar-refractivity contribution in [1.82, 2.24) is 9.97 Å². The van der Waals surface area contributed by atoms with Gasteiger partial charge in [-0.15, -0.1) is 0 Å². The molecule has 104 valence electrons. The maximum absolute atomic E-state index is 4.64. The third kappa shape index (κ3) is 3.04. The van der Waals surface area contributed by atoms with E-state index < -0.39 is 0 Å². The number of hydrogen-bond donors (Lipinski definition) is 2. The van der Waals surface area contributed by atoms with Crippen LogP contribution in [-0.2, 0) is 0 Å². The van der Waals surface area contributed by atoms with Crippen molar-refractivity contribution in [3.8, 4) is 11.4 Å². The van der Waals surface area contributed by atoms with E-state index in [0.29, 0.717) is 6.04 Å². The fraction of sp³-hybridized carbons (Fsp3) is 0.333. The van der Waals surface area contributed by atoms with Gasteiger partial charge in [0.2, 0.25) is 0 Å². The molecule has 4 nitrogen and oxygen atoms in total. The minimum absolute atomic E-state index is 0.517. The number of hydrogen-bond acceptors (Lipinski definition) is 5. The fourth-order valence-corrected chi connectivity index (χ4v) is 3.38. The van der Waals surface area contributed by atoms with Gasteiger partial charge in [-0.25, -0.2) is 9.97 Å². The average molecular weight is 286 g/mol. The summed E-state index contributed by atoms with van der Waals surface area (Å²) in [6.45, 7) is 0.